The number of nitrogens with one attached hydrogen (secondary N) is 2. The van der Waals surface area contributed by atoms with Gasteiger partial charge in [0.1, 0.15) is 14.1 Å². The standard InChI is InChI=1S/C54H60N6O2/c1-51(2)37-19-13-15-21-41(37)57(9)45(51)23-17-25-47-53(5,6)39-33-35(27-29-43(39)59(47)11)55-49(61)31-32-50(62)56-36-28-30-44-40(34-36)54(7,8)48(60(44)12)26-18-24-46-52(3,4)38-20-14-16-22-42(38)58(46)10/h13-30,33-34H,31-32H2,1-12H3/p+2. The van der Waals surface area contributed by atoms with Crippen molar-refractivity contribution in [2.45, 2.75) is 89.9 Å². The zero-order valence-electron chi connectivity index (χ0n) is 38.6. The van der Waals surface area contributed by atoms with E-state index in [4.69, 9.17) is 0 Å². The monoisotopic (exact) mass is 826 g/mol. The SMILES string of the molecule is CN1/C(=C\C=C\C2=[N+](C)c3ccccc3C2(C)C)C(C)(C)c2cc(NC(=O)CCC(=O)Nc3ccc4c(c3)C(C)(C)/C(=C/C=C/C3=[N+](C)c5ccccc5C3(C)C)N4C)ccc21. The minimum Gasteiger partial charge on any atom is -0.347 e. The average molecular weight is 827 g/mol. The minimum atomic E-state index is -0.289. The molecule has 0 aliphatic carbocycles. The first kappa shape index (κ1) is 42.4. The zero-order valence-corrected chi connectivity index (χ0v) is 38.6. The molecule has 0 aromatic heterocycles. The Hall–Kier alpha value is -6.28. The third-order valence-electron chi connectivity index (χ3n) is 14.1. The van der Waals surface area contributed by atoms with Gasteiger partial charge in [-0.05, 0) is 87.4 Å². The summed E-state index contributed by atoms with van der Waals surface area (Å²) in [4.78, 5) is 30.9. The molecule has 2 amide bonds. The molecule has 8 nitrogen and oxygen atoms in total. The second kappa shape index (κ2) is 15.3. The fourth-order valence-electron chi connectivity index (χ4n) is 10.6. The molecule has 0 saturated heterocycles. The topological polar surface area (TPSA) is 70.7 Å². The van der Waals surface area contributed by atoms with Crippen LogP contribution in [0.2, 0.25) is 0 Å². The molecule has 62 heavy (non-hydrogen) atoms. The summed E-state index contributed by atoms with van der Waals surface area (Å²) in [6.45, 7) is 18.0. The van der Waals surface area contributed by atoms with Crippen molar-refractivity contribution in [1.29, 1.82) is 0 Å². The number of para-hydroxylation sites is 2. The van der Waals surface area contributed by atoms with E-state index in [0.29, 0.717) is 0 Å². The molecular weight excluding hydrogens is 765 g/mol. The summed E-state index contributed by atoms with van der Waals surface area (Å²) in [5.74, 6) is -0.393. The average Bonchev–Trinajstić information content (AvgIpc) is 3.72. The number of nitrogens with zero attached hydrogens (tertiary/aromatic N) is 4. The van der Waals surface area contributed by atoms with Crippen LogP contribution in [-0.4, -0.2) is 60.6 Å². The fraction of sp³-hybridized carbons (Fsp3) is 0.333. The zero-order chi connectivity index (χ0) is 44.5. The predicted octanol–water partition coefficient (Wildman–Crippen LogP) is 10.8. The number of hydrogen-bond donors (Lipinski definition) is 2. The molecule has 4 aromatic rings. The van der Waals surface area contributed by atoms with Crippen LogP contribution in [0.3, 0.4) is 0 Å². The van der Waals surface area contributed by atoms with Crippen molar-refractivity contribution in [1.82, 2.24) is 0 Å². The number of fused-ring (bicyclic) bond motifs is 4. The molecule has 8 rings (SSSR count). The van der Waals surface area contributed by atoms with Crippen molar-refractivity contribution in [3.63, 3.8) is 0 Å². The Balaban J connectivity index is 0.886. The van der Waals surface area contributed by atoms with Crippen LogP contribution in [0.4, 0.5) is 34.1 Å². The van der Waals surface area contributed by atoms with E-state index in [1.165, 1.54) is 45.3 Å². The molecule has 8 heteroatoms. The normalized spacial score (nSPS) is 20.1. The van der Waals surface area contributed by atoms with E-state index in [1.54, 1.807) is 0 Å². The molecule has 0 radical (unpaired) electrons. The summed E-state index contributed by atoms with van der Waals surface area (Å²) < 4.78 is 4.58. The van der Waals surface area contributed by atoms with E-state index in [0.717, 1.165) is 33.9 Å². The summed E-state index contributed by atoms with van der Waals surface area (Å²) >= 11 is 0. The number of anilines is 4. The highest BCUT2D eigenvalue weighted by atomic mass is 16.2. The van der Waals surface area contributed by atoms with Crippen molar-refractivity contribution >= 4 is 57.4 Å². The quantitative estimate of drug-likeness (QED) is 0.165. The predicted molar refractivity (Wildman–Crippen MR) is 257 cm³/mol. The van der Waals surface area contributed by atoms with Crippen molar-refractivity contribution < 1.29 is 18.7 Å². The largest absolute Gasteiger partial charge is 0.347 e. The smallest absolute Gasteiger partial charge is 0.224 e. The highest BCUT2D eigenvalue weighted by molar-refractivity contribution is 6.04. The van der Waals surface area contributed by atoms with Gasteiger partial charge in [-0.1, -0.05) is 76.2 Å². The van der Waals surface area contributed by atoms with Gasteiger partial charge in [-0.2, -0.15) is 9.15 Å². The number of carbonyl (C=O) groups excluding carboxylic acids is 2. The minimum absolute atomic E-state index is 0.0735. The number of benzene rings is 4. The second-order valence-corrected chi connectivity index (χ2v) is 19.4. The molecule has 318 valence electrons. The van der Waals surface area contributed by atoms with Gasteiger partial charge in [0.25, 0.3) is 0 Å². The van der Waals surface area contributed by atoms with Crippen LogP contribution in [0.25, 0.3) is 0 Å². The molecule has 0 unspecified atom stereocenters. The first-order valence-corrected chi connectivity index (χ1v) is 21.8. The van der Waals surface area contributed by atoms with Gasteiger partial charge >= 0.3 is 0 Å². The molecule has 0 atom stereocenters. The lowest BCUT2D eigenvalue weighted by atomic mass is 9.81. The lowest BCUT2D eigenvalue weighted by molar-refractivity contribution is -0.401. The Morgan fingerprint density at radius 2 is 0.903 bits per heavy atom. The van der Waals surface area contributed by atoms with E-state index in [2.05, 4.69) is 222 Å². The number of allylic oxidation sites excluding steroid dienone is 8. The number of carbonyl (C=O) groups is 2. The summed E-state index contributed by atoms with van der Waals surface area (Å²) in [5, 5.41) is 6.12. The summed E-state index contributed by atoms with van der Waals surface area (Å²) in [5.41, 5.74) is 15.2. The third-order valence-corrected chi connectivity index (χ3v) is 14.1. The number of likely N-dealkylation sites (N-methyl/N-ethyl adjacent to an activating group) is 2. The highest BCUT2D eigenvalue weighted by Gasteiger charge is 2.44. The van der Waals surface area contributed by atoms with Crippen molar-refractivity contribution in [3.05, 3.63) is 155 Å². The number of amides is 2. The van der Waals surface area contributed by atoms with E-state index in [9.17, 15) is 9.59 Å². The summed E-state index contributed by atoms with van der Waals surface area (Å²) in [6, 6.07) is 29.4. The van der Waals surface area contributed by atoms with Crippen LogP contribution in [0.15, 0.2) is 133 Å². The van der Waals surface area contributed by atoms with E-state index >= 15 is 0 Å². The molecule has 4 aromatic carbocycles. The first-order valence-electron chi connectivity index (χ1n) is 21.8. The van der Waals surface area contributed by atoms with Crippen LogP contribution in [0.1, 0.15) is 90.5 Å². The Morgan fingerprint density at radius 3 is 1.27 bits per heavy atom. The van der Waals surface area contributed by atoms with Crippen LogP contribution >= 0.6 is 0 Å². The molecule has 0 fully saturated rings. The maximum Gasteiger partial charge on any atom is 0.224 e. The Morgan fingerprint density at radius 1 is 0.532 bits per heavy atom. The maximum absolute atomic E-state index is 13.2. The second-order valence-electron chi connectivity index (χ2n) is 19.4. The molecule has 0 saturated carbocycles. The van der Waals surface area contributed by atoms with Crippen molar-refractivity contribution in [2.75, 3.05) is 48.6 Å². The first-order chi connectivity index (χ1) is 29.3. The Kier molecular flexibility index (Phi) is 10.4. The molecule has 4 heterocycles. The third kappa shape index (κ3) is 6.94. The number of rotatable bonds is 9. The number of hydrogen-bond acceptors (Lipinski definition) is 4. The highest BCUT2D eigenvalue weighted by Crippen LogP contribution is 2.49. The maximum atomic E-state index is 13.2. The fourth-order valence-corrected chi connectivity index (χ4v) is 10.6. The van der Waals surface area contributed by atoms with Gasteiger partial charge in [0.15, 0.2) is 11.4 Å². The Labute approximate surface area is 368 Å². The van der Waals surface area contributed by atoms with Crippen LogP contribution in [-0.2, 0) is 31.2 Å². The molecule has 0 bridgehead atoms. The van der Waals surface area contributed by atoms with E-state index in [1.807, 2.05) is 12.1 Å². The van der Waals surface area contributed by atoms with Gasteiger partial charge in [0.05, 0.1) is 10.8 Å². The van der Waals surface area contributed by atoms with Gasteiger partial charge in [-0.25, -0.2) is 0 Å². The van der Waals surface area contributed by atoms with E-state index in [-0.39, 0.29) is 46.3 Å². The van der Waals surface area contributed by atoms with Gasteiger partial charge in [0, 0.05) is 107 Å². The Bertz CT molecular complexity index is 2550. The van der Waals surface area contributed by atoms with Gasteiger partial charge in [-0.15, -0.1) is 0 Å². The molecule has 4 aliphatic rings. The van der Waals surface area contributed by atoms with Crippen LogP contribution in [0, 0.1) is 0 Å². The van der Waals surface area contributed by atoms with Crippen LogP contribution < -0.4 is 20.4 Å². The van der Waals surface area contributed by atoms with Crippen molar-refractivity contribution in [2.24, 2.45) is 0 Å². The lowest BCUT2D eigenvalue weighted by Gasteiger charge is -2.24. The lowest BCUT2D eigenvalue weighted by Crippen LogP contribution is -2.26. The molecule has 0 spiro atoms. The van der Waals surface area contributed by atoms with Crippen LogP contribution in [0.5, 0.6) is 0 Å². The van der Waals surface area contributed by atoms with Gasteiger partial charge in [0.2, 0.25) is 23.2 Å². The summed E-state index contributed by atoms with van der Waals surface area (Å²) in [6.07, 6.45) is 13.4. The van der Waals surface area contributed by atoms with Crippen molar-refractivity contribution in [3.8, 4) is 0 Å². The molecular formula is C54H62N6O2+2. The molecule has 2 N–H and O–H groups in total. The van der Waals surface area contributed by atoms with Gasteiger partial charge in [-0.3, -0.25) is 9.59 Å². The van der Waals surface area contributed by atoms with Gasteiger partial charge < -0.3 is 20.4 Å². The molecule has 4 aliphatic heterocycles. The summed E-state index contributed by atoms with van der Waals surface area (Å²) in [7, 11) is 8.48. The van der Waals surface area contributed by atoms with E-state index < -0.39 is 0 Å².